The Bertz CT molecular complexity index is 1220. The Morgan fingerprint density at radius 2 is 2.04 bits per heavy atom. The molecule has 0 N–H and O–H groups in total. The number of hydrogen-bond donors (Lipinski definition) is 0. The van der Waals surface area contributed by atoms with Crippen molar-refractivity contribution in [1.29, 1.82) is 0 Å². The number of fused-ring (bicyclic) bond motifs is 1. The van der Waals surface area contributed by atoms with Crippen LogP contribution in [0.5, 0.6) is 5.75 Å². The average molecular weight is 414 g/mol. The van der Waals surface area contributed by atoms with Crippen molar-refractivity contribution in [3.63, 3.8) is 0 Å². The number of aryl methyl sites for hydroxylation is 1. The van der Waals surface area contributed by atoms with Crippen LogP contribution >= 0.6 is 23.4 Å². The van der Waals surface area contributed by atoms with Crippen LogP contribution in [0.3, 0.4) is 0 Å². The third-order valence-electron chi connectivity index (χ3n) is 4.16. The second-order valence-corrected chi connectivity index (χ2v) is 7.44. The van der Waals surface area contributed by atoms with Gasteiger partial charge in [-0.25, -0.2) is 4.98 Å². The average Bonchev–Trinajstić information content (AvgIpc) is 3.12. The molecule has 2 heterocycles. The second kappa shape index (κ2) is 7.69. The number of nitrogens with zero attached hydrogens (tertiary/aromatic N) is 3. The number of aromatic nitrogens is 3. The van der Waals surface area contributed by atoms with Gasteiger partial charge >= 0.3 is 0 Å². The first-order valence-electron chi connectivity index (χ1n) is 8.47. The van der Waals surface area contributed by atoms with Crippen molar-refractivity contribution in [2.24, 2.45) is 0 Å². The van der Waals surface area contributed by atoms with E-state index in [4.69, 9.17) is 25.8 Å². The van der Waals surface area contributed by atoms with Crippen LogP contribution in [0.1, 0.15) is 11.5 Å². The maximum atomic E-state index is 13.2. The summed E-state index contributed by atoms with van der Waals surface area (Å²) in [5.74, 6) is 1.80. The smallest absolute Gasteiger partial charge is 0.266 e. The Hall–Kier alpha value is -2.77. The van der Waals surface area contributed by atoms with E-state index in [0.717, 1.165) is 11.5 Å². The van der Waals surface area contributed by atoms with Crippen molar-refractivity contribution in [3.05, 3.63) is 75.4 Å². The topological polar surface area (TPSA) is 70.2 Å². The third-order valence-corrected chi connectivity index (χ3v) is 5.43. The summed E-state index contributed by atoms with van der Waals surface area (Å²) in [6.07, 6.45) is 0. The molecule has 142 valence electrons. The molecule has 0 saturated heterocycles. The van der Waals surface area contributed by atoms with Gasteiger partial charge in [-0.2, -0.15) is 0 Å². The van der Waals surface area contributed by atoms with Crippen LogP contribution in [0, 0.1) is 6.92 Å². The van der Waals surface area contributed by atoms with Crippen LogP contribution in [0.4, 0.5) is 0 Å². The van der Waals surface area contributed by atoms with Crippen LogP contribution in [0.15, 0.2) is 63.0 Å². The van der Waals surface area contributed by atoms with Crippen LogP contribution in [0.2, 0.25) is 5.02 Å². The molecule has 0 radical (unpaired) electrons. The molecule has 2 aromatic carbocycles. The molecule has 0 aliphatic rings. The Kier molecular flexibility index (Phi) is 5.11. The monoisotopic (exact) mass is 413 g/mol. The summed E-state index contributed by atoms with van der Waals surface area (Å²) >= 11 is 7.70. The summed E-state index contributed by atoms with van der Waals surface area (Å²) in [5.41, 5.74) is 1.88. The zero-order chi connectivity index (χ0) is 19.7. The molecule has 8 heteroatoms. The molecule has 0 fully saturated rings. The highest BCUT2D eigenvalue weighted by Gasteiger charge is 2.15. The Balaban J connectivity index is 1.85. The standard InChI is InChI=1S/C20H16ClN3O3S/c1-12-9-13(23-27-12)11-28-20-22-17-6-4-3-5-15(17)19(25)24(20)14-7-8-18(26-2)16(21)10-14/h3-10H,11H2,1-2H3. The number of methoxy groups -OCH3 is 1. The van der Waals surface area contributed by atoms with Crippen molar-refractivity contribution in [2.45, 2.75) is 17.8 Å². The van der Waals surface area contributed by atoms with E-state index < -0.39 is 0 Å². The van der Waals surface area contributed by atoms with Gasteiger partial charge in [-0.15, -0.1) is 0 Å². The van der Waals surface area contributed by atoms with E-state index in [1.54, 1.807) is 35.9 Å². The fraction of sp³-hybridized carbons (Fsp3) is 0.150. The summed E-state index contributed by atoms with van der Waals surface area (Å²) in [4.78, 5) is 17.9. The molecule has 0 atom stereocenters. The van der Waals surface area contributed by atoms with E-state index in [9.17, 15) is 4.79 Å². The summed E-state index contributed by atoms with van der Waals surface area (Å²) in [6, 6.07) is 14.3. The first-order valence-corrected chi connectivity index (χ1v) is 9.84. The Morgan fingerprint density at radius 1 is 1.21 bits per heavy atom. The number of benzene rings is 2. The van der Waals surface area contributed by atoms with Crippen molar-refractivity contribution in [3.8, 4) is 11.4 Å². The first kappa shape index (κ1) is 18.6. The second-order valence-electron chi connectivity index (χ2n) is 6.09. The number of para-hydroxylation sites is 1. The lowest BCUT2D eigenvalue weighted by Crippen LogP contribution is -2.21. The van der Waals surface area contributed by atoms with Gasteiger partial charge in [-0.05, 0) is 37.3 Å². The van der Waals surface area contributed by atoms with E-state index in [-0.39, 0.29) is 5.56 Å². The van der Waals surface area contributed by atoms with Crippen molar-refractivity contribution >= 4 is 34.3 Å². The minimum atomic E-state index is -0.161. The maximum absolute atomic E-state index is 13.2. The van der Waals surface area contributed by atoms with Crippen LogP contribution < -0.4 is 10.3 Å². The number of rotatable bonds is 5. The molecule has 0 amide bonds. The van der Waals surface area contributed by atoms with Gasteiger partial charge in [0.1, 0.15) is 11.5 Å². The summed E-state index contributed by atoms with van der Waals surface area (Å²) < 4.78 is 11.9. The van der Waals surface area contributed by atoms with Gasteiger partial charge in [-0.3, -0.25) is 9.36 Å². The predicted molar refractivity (Wildman–Crippen MR) is 110 cm³/mol. The van der Waals surface area contributed by atoms with Gasteiger partial charge in [0, 0.05) is 11.8 Å². The Labute approximate surface area is 170 Å². The van der Waals surface area contributed by atoms with Crippen LogP contribution in [-0.4, -0.2) is 21.8 Å². The molecule has 2 aromatic heterocycles. The highest BCUT2D eigenvalue weighted by Crippen LogP contribution is 2.29. The molecule has 0 saturated carbocycles. The fourth-order valence-electron chi connectivity index (χ4n) is 2.86. The van der Waals surface area contributed by atoms with E-state index in [0.29, 0.717) is 38.3 Å². The van der Waals surface area contributed by atoms with E-state index in [2.05, 4.69) is 5.16 Å². The minimum Gasteiger partial charge on any atom is -0.495 e. The normalized spacial score (nSPS) is 11.1. The van der Waals surface area contributed by atoms with E-state index >= 15 is 0 Å². The number of halogens is 1. The summed E-state index contributed by atoms with van der Waals surface area (Å²) in [5, 5.41) is 5.51. The Morgan fingerprint density at radius 3 is 2.75 bits per heavy atom. The van der Waals surface area contributed by atoms with Gasteiger partial charge in [0.2, 0.25) is 0 Å². The molecule has 0 aliphatic carbocycles. The minimum absolute atomic E-state index is 0.161. The molecule has 4 rings (SSSR count). The molecule has 0 bridgehead atoms. The summed E-state index contributed by atoms with van der Waals surface area (Å²) in [7, 11) is 1.55. The van der Waals surface area contributed by atoms with E-state index in [1.165, 1.54) is 11.8 Å². The SMILES string of the molecule is COc1ccc(-n2c(SCc3cc(C)on3)nc3ccccc3c2=O)cc1Cl. The van der Waals surface area contributed by atoms with Crippen molar-refractivity contribution < 1.29 is 9.26 Å². The third kappa shape index (κ3) is 3.50. The van der Waals surface area contributed by atoms with Gasteiger partial charge < -0.3 is 9.26 Å². The van der Waals surface area contributed by atoms with Gasteiger partial charge in [0.05, 0.1) is 34.4 Å². The quantitative estimate of drug-likeness (QED) is 0.350. The van der Waals surface area contributed by atoms with Gasteiger partial charge in [0.25, 0.3) is 5.56 Å². The predicted octanol–water partition coefficient (Wildman–Crippen LogP) is 4.64. The lowest BCUT2D eigenvalue weighted by Gasteiger charge is -2.14. The zero-order valence-electron chi connectivity index (χ0n) is 15.2. The molecule has 6 nitrogen and oxygen atoms in total. The lowest BCUT2D eigenvalue weighted by molar-refractivity contribution is 0.393. The summed E-state index contributed by atoms with van der Waals surface area (Å²) in [6.45, 7) is 1.84. The molecule has 0 aliphatic heterocycles. The van der Waals surface area contributed by atoms with Crippen LogP contribution in [-0.2, 0) is 5.75 Å². The number of thioether (sulfide) groups is 1. The molecule has 4 aromatic rings. The molecule has 0 unspecified atom stereocenters. The molecule has 28 heavy (non-hydrogen) atoms. The molecular weight excluding hydrogens is 398 g/mol. The van der Waals surface area contributed by atoms with Crippen molar-refractivity contribution in [1.82, 2.24) is 14.7 Å². The molecule has 0 spiro atoms. The first-order chi connectivity index (χ1) is 13.6. The van der Waals surface area contributed by atoms with Crippen LogP contribution in [0.25, 0.3) is 16.6 Å². The maximum Gasteiger partial charge on any atom is 0.266 e. The van der Waals surface area contributed by atoms with Gasteiger partial charge in [-0.1, -0.05) is 40.7 Å². The highest BCUT2D eigenvalue weighted by atomic mass is 35.5. The highest BCUT2D eigenvalue weighted by molar-refractivity contribution is 7.98. The molecular formula is C20H16ClN3O3S. The van der Waals surface area contributed by atoms with E-state index in [1.807, 2.05) is 31.2 Å². The fourth-order valence-corrected chi connectivity index (χ4v) is 4.00. The zero-order valence-corrected chi connectivity index (χ0v) is 16.8. The number of ether oxygens (including phenoxy) is 1. The largest absolute Gasteiger partial charge is 0.495 e. The van der Waals surface area contributed by atoms with Gasteiger partial charge in [0.15, 0.2) is 5.16 Å². The number of hydrogen-bond acceptors (Lipinski definition) is 6. The lowest BCUT2D eigenvalue weighted by atomic mass is 10.2. The van der Waals surface area contributed by atoms with Crippen molar-refractivity contribution in [2.75, 3.05) is 7.11 Å².